The van der Waals surface area contributed by atoms with Crippen molar-refractivity contribution in [2.45, 2.75) is 20.0 Å². The van der Waals surface area contributed by atoms with Crippen LogP contribution in [0.1, 0.15) is 13.8 Å². The van der Waals surface area contributed by atoms with Crippen LogP contribution >= 0.6 is 11.8 Å². The van der Waals surface area contributed by atoms with Crippen molar-refractivity contribution in [1.82, 2.24) is 0 Å². The molecular weight excluding hydrogens is 235 g/mol. The zero-order chi connectivity index (χ0) is 12.8. The van der Waals surface area contributed by atoms with Crippen LogP contribution in [0.5, 0.6) is 0 Å². The summed E-state index contributed by atoms with van der Waals surface area (Å²) in [5.74, 6) is 0. The Morgan fingerprint density at radius 3 is 2.06 bits per heavy atom. The number of rotatable bonds is 3. The van der Waals surface area contributed by atoms with E-state index in [1.54, 1.807) is 25.3 Å². The lowest BCUT2D eigenvalue weighted by molar-refractivity contribution is -0.0889. The Morgan fingerprint density at radius 2 is 1.81 bits per heavy atom. The summed E-state index contributed by atoms with van der Waals surface area (Å²) in [5.41, 5.74) is -1.26. The van der Waals surface area contributed by atoms with E-state index >= 15 is 0 Å². The number of hydrogen-bond donors (Lipinski definition) is 0. The van der Waals surface area contributed by atoms with Gasteiger partial charge in [-0.1, -0.05) is 12.2 Å². The molecule has 5 heteroatoms. The molecule has 0 saturated carbocycles. The van der Waals surface area contributed by atoms with Crippen molar-refractivity contribution in [2.24, 2.45) is 0 Å². The fourth-order valence-corrected chi connectivity index (χ4v) is 1.47. The molecule has 0 unspecified atom stereocenters. The van der Waals surface area contributed by atoms with Crippen molar-refractivity contribution in [1.29, 1.82) is 5.26 Å². The monoisotopic (exact) mass is 247 g/mol. The van der Waals surface area contributed by atoms with Crippen molar-refractivity contribution in [3.8, 4) is 6.07 Å². The molecule has 0 radical (unpaired) electrons. The molecule has 0 aliphatic heterocycles. The van der Waals surface area contributed by atoms with Gasteiger partial charge in [0.1, 0.15) is 0 Å². The Hall–Kier alpha value is -1.15. The van der Waals surface area contributed by atoms with Crippen molar-refractivity contribution in [3.05, 3.63) is 34.3 Å². The summed E-state index contributed by atoms with van der Waals surface area (Å²) in [6.07, 6.45) is 0.889. The van der Waals surface area contributed by atoms with Crippen LogP contribution in [-0.4, -0.2) is 12.4 Å². The number of hydrogen-bond acceptors (Lipinski definition) is 2. The molecule has 16 heavy (non-hydrogen) atoms. The molecule has 88 valence electrons. The molecule has 0 atom stereocenters. The largest absolute Gasteiger partial charge is 0.417 e. The van der Waals surface area contributed by atoms with Crippen LogP contribution in [-0.2, 0) is 0 Å². The number of nitrogens with zero attached hydrogens (tertiary/aromatic N) is 1. The van der Waals surface area contributed by atoms with Gasteiger partial charge in [-0.3, -0.25) is 0 Å². The first kappa shape index (κ1) is 14.8. The highest BCUT2D eigenvalue weighted by Crippen LogP contribution is 2.33. The van der Waals surface area contributed by atoms with Gasteiger partial charge in [-0.05, 0) is 26.2 Å². The first-order valence-electron chi connectivity index (χ1n) is 4.46. The van der Waals surface area contributed by atoms with Crippen LogP contribution in [0, 0.1) is 11.3 Å². The molecule has 0 fully saturated rings. The predicted molar refractivity (Wildman–Crippen MR) is 60.8 cm³/mol. The predicted octanol–water partition coefficient (Wildman–Crippen LogP) is 4.21. The molecule has 0 heterocycles. The molecule has 0 N–H and O–H groups in total. The van der Waals surface area contributed by atoms with Crippen molar-refractivity contribution < 1.29 is 13.2 Å². The molecule has 0 amide bonds. The third-order valence-electron chi connectivity index (χ3n) is 1.81. The highest BCUT2D eigenvalue weighted by atomic mass is 32.2. The molecule has 0 spiro atoms. The van der Waals surface area contributed by atoms with E-state index < -0.39 is 11.7 Å². The molecule has 0 saturated heterocycles. The van der Waals surface area contributed by atoms with E-state index in [0.29, 0.717) is 4.91 Å². The molecule has 0 aromatic rings. The summed E-state index contributed by atoms with van der Waals surface area (Å²) in [5, 5.41) is 8.63. The van der Waals surface area contributed by atoms with Crippen molar-refractivity contribution in [2.75, 3.05) is 6.26 Å². The summed E-state index contributed by atoms with van der Waals surface area (Å²) < 4.78 is 38.0. The maximum absolute atomic E-state index is 12.7. The van der Waals surface area contributed by atoms with Gasteiger partial charge in [0, 0.05) is 4.91 Å². The topological polar surface area (TPSA) is 23.8 Å². The molecule has 0 aromatic heterocycles. The summed E-state index contributed by atoms with van der Waals surface area (Å²) >= 11 is 1.20. The fraction of sp³-hybridized carbons (Fsp3) is 0.364. The van der Waals surface area contributed by atoms with Crippen LogP contribution < -0.4 is 0 Å². The number of halogens is 3. The molecule has 0 aromatic carbocycles. The Balaban J connectivity index is 5.55. The second-order valence-electron chi connectivity index (χ2n) is 2.77. The molecule has 1 nitrogen and oxygen atoms in total. The van der Waals surface area contributed by atoms with Gasteiger partial charge in [-0.15, -0.1) is 11.8 Å². The van der Waals surface area contributed by atoms with E-state index in [9.17, 15) is 13.2 Å². The van der Waals surface area contributed by atoms with Crippen LogP contribution in [0.25, 0.3) is 0 Å². The maximum Gasteiger partial charge on any atom is 0.417 e. The lowest BCUT2D eigenvalue weighted by atomic mass is 10.1. The second kappa shape index (κ2) is 6.44. The smallest absolute Gasteiger partial charge is 0.192 e. The molecule has 0 aliphatic rings. The SMILES string of the molecule is C\C=C(/C=C(\C(C#N)=C/C)C(F)(F)F)SC. The number of nitriles is 1. The summed E-state index contributed by atoms with van der Waals surface area (Å²) in [6, 6.07) is 1.55. The zero-order valence-electron chi connectivity index (χ0n) is 9.22. The second-order valence-corrected chi connectivity index (χ2v) is 3.64. The molecule has 0 aliphatic carbocycles. The molecule has 0 rings (SSSR count). The van der Waals surface area contributed by atoms with Crippen molar-refractivity contribution >= 4 is 11.8 Å². The normalized spacial score (nSPS) is 14.9. The van der Waals surface area contributed by atoms with E-state index in [0.717, 1.165) is 12.2 Å². The van der Waals surface area contributed by atoms with Gasteiger partial charge in [0.25, 0.3) is 0 Å². The number of thioether (sulfide) groups is 1. The first-order chi connectivity index (χ1) is 7.40. The Kier molecular flexibility index (Phi) is 5.97. The highest BCUT2D eigenvalue weighted by Gasteiger charge is 2.35. The van der Waals surface area contributed by atoms with Crippen molar-refractivity contribution in [3.63, 3.8) is 0 Å². The minimum absolute atomic E-state index is 0.360. The zero-order valence-corrected chi connectivity index (χ0v) is 10.0. The van der Waals surface area contributed by atoms with Gasteiger partial charge in [0.2, 0.25) is 0 Å². The number of allylic oxidation sites excluding steroid dienone is 5. The first-order valence-corrected chi connectivity index (χ1v) is 5.69. The van der Waals surface area contributed by atoms with Gasteiger partial charge in [-0.25, -0.2) is 0 Å². The van der Waals surface area contributed by atoms with Gasteiger partial charge >= 0.3 is 6.18 Å². The average Bonchev–Trinajstić information content (AvgIpc) is 2.23. The minimum Gasteiger partial charge on any atom is -0.192 e. The third-order valence-corrected chi connectivity index (χ3v) is 2.64. The number of alkyl halides is 3. The van der Waals surface area contributed by atoms with Gasteiger partial charge in [0.15, 0.2) is 0 Å². The summed E-state index contributed by atoms with van der Waals surface area (Å²) in [4.78, 5) is 0.474. The minimum atomic E-state index is -4.51. The van der Waals surface area contributed by atoms with Crippen LogP contribution in [0.2, 0.25) is 0 Å². The third kappa shape index (κ3) is 4.15. The van der Waals surface area contributed by atoms with E-state index in [1.165, 1.54) is 18.7 Å². The van der Waals surface area contributed by atoms with Gasteiger partial charge < -0.3 is 0 Å². The van der Waals surface area contributed by atoms with Gasteiger partial charge in [0.05, 0.1) is 17.2 Å². The lowest BCUT2D eigenvalue weighted by Gasteiger charge is -2.11. The van der Waals surface area contributed by atoms with E-state index in [2.05, 4.69) is 0 Å². The van der Waals surface area contributed by atoms with Gasteiger partial charge in [-0.2, -0.15) is 18.4 Å². The van der Waals surface area contributed by atoms with Crippen LogP contribution in [0.4, 0.5) is 13.2 Å². The molecular formula is C11H12F3NS. The van der Waals surface area contributed by atoms with E-state index in [-0.39, 0.29) is 5.57 Å². The summed E-state index contributed by atoms with van der Waals surface area (Å²) in [6.45, 7) is 3.06. The quantitative estimate of drug-likeness (QED) is 0.551. The summed E-state index contributed by atoms with van der Waals surface area (Å²) in [7, 11) is 0. The van der Waals surface area contributed by atoms with Crippen LogP contribution in [0.15, 0.2) is 34.3 Å². The average molecular weight is 247 g/mol. The van der Waals surface area contributed by atoms with Crippen LogP contribution in [0.3, 0.4) is 0 Å². The standard InChI is InChI=1S/C11H12F3NS/c1-4-8(7-15)10(11(12,13)14)6-9(5-2)16-3/h4-6H,1-3H3/b8-4-,9-5+,10-6+. The molecule has 0 bridgehead atoms. The maximum atomic E-state index is 12.7. The van der Waals surface area contributed by atoms with E-state index in [1.807, 2.05) is 0 Å². The Labute approximate surface area is 97.3 Å². The fourth-order valence-electron chi connectivity index (χ4n) is 0.995. The van der Waals surface area contributed by atoms with E-state index in [4.69, 9.17) is 5.26 Å². The lowest BCUT2D eigenvalue weighted by Crippen LogP contribution is -2.13. The Bertz CT molecular complexity index is 370. The highest BCUT2D eigenvalue weighted by molar-refractivity contribution is 8.02. The Morgan fingerprint density at radius 1 is 1.25 bits per heavy atom.